The Hall–Kier alpha value is -3.00. The maximum absolute atomic E-state index is 12.0. The van der Waals surface area contributed by atoms with Crippen LogP contribution in [0.3, 0.4) is 0 Å². The molecule has 0 unspecified atom stereocenters. The summed E-state index contributed by atoms with van der Waals surface area (Å²) in [6, 6.07) is 6.97. The summed E-state index contributed by atoms with van der Waals surface area (Å²) >= 11 is 5.85. The first-order valence-corrected chi connectivity index (χ1v) is 7.16. The number of methoxy groups -OCH3 is 1. The zero-order valence-electron chi connectivity index (χ0n) is 12.7. The molecule has 0 aliphatic heterocycles. The zero-order chi connectivity index (χ0) is 17.4. The van der Waals surface area contributed by atoms with Crippen molar-refractivity contribution >= 4 is 34.3 Å². The Kier molecular flexibility index (Phi) is 3.90. The summed E-state index contributed by atoms with van der Waals surface area (Å²) in [4.78, 5) is 30.9. The number of rotatable bonds is 3. The molecule has 122 valence electrons. The summed E-state index contributed by atoms with van der Waals surface area (Å²) < 4.78 is 6.15. The monoisotopic (exact) mass is 346 g/mol. The van der Waals surface area contributed by atoms with Gasteiger partial charge >= 0.3 is 11.8 Å². The summed E-state index contributed by atoms with van der Waals surface area (Å²) in [7, 11) is 2.78. The van der Waals surface area contributed by atoms with Crippen LogP contribution < -0.4 is 0 Å². The van der Waals surface area contributed by atoms with E-state index in [4.69, 9.17) is 16.3 Å². The molecule has 0 bridgehead atoms. The van der Waals surface area contributed by atoms with Crippen molar-refractivity contribution in [3.63, 3.8) is 0 Å². The first-order chi connectivity index (χ1) is 11.5. The fraction of sp³-hybridized carbons (Fsp3) is 0.133. The molecule has 0 radical (unpaired) electrons. The van der Waals surface area contributed by atoms with Gasteiger partial charge in [0.05, 0.1) is 19.9 Å². The third-order valence-electron chi connectivity index (χ3n) is 3.65. The van der Waals surface area contributed by atoms with Gasteiger partial charge in [0.2, 0.25) is 5.28 Å². The minimum Gasteiger partial charge on any atom is -0.465 e. The van der Waals surface area contributed by atoms with E-state index in [1.165, 1.54) is 17.9 Å². The van der Waals surface area contributed by atoms with E-state index in [9.17, 15) is 14.9 Å². The van der Waals surface area contributed by atoms with E-state index in [0.717, 1.165) is 0 Å². The first-order valence-electron chi connectivity index (χ1n) is 6.78. The average Bonchev–Trinajstić information content (AvgIpc) is 2.87. The van der Waals surface area contributed by atoms with Crippen molar-refractivity contribution in [2.24, 2.45) is 7.05 Å². The lowest BCUT2D eigenvalue weighted by atomic mass is 10.1. The number of para-hydroxylation sites is 1. The second-order valence-corrected chi connectivity index (χ2v) is 5.26. The molecule has 0 amide bonds. The number of carbonyl (C=O) groups is 1. The minimum atomic E-state index is -0.705. The molecular weight excluding hydrogens is 336 g/mol. The number of nitro groups is 1. The molecule has 24 heavy (non-hydrogen) atoms. The van der Waals surface area contributed by atoms with Crippen LogP contribution >= 0.6 is 11.6 Å². The van der Waals surface area contributed by atoms with Crippen LogP contribution in [0.15, 0.2) is 30.5 Å². The number of hydrogen-bond acceptors (Lipinski definition) is 6. The Morgan fingerprint density at radius 3 is 2.75 bits per heavy atom. The van der Waals surface area contributed by atoms with E-state index >= 15 is 0 Å². The van der Waals surface area contributed by atoms with Crippen molar-refractivity contribution in [3.8, 4) is 11.3 Å². The number of ether oxygens (including phenoxy) is 1. The van der Waals surface area contributed by atoms with Crippen molar-refractivity contribution in [1.82, 2.24) is 14.5 Å². The Morgan fingerprint density at radius 2 is 2.08 bits per heavy atom. The molecule has 0 saturated carbocycles. The van der Waals surface area contributed by atoms with Gasteiger partial charge in [0, 0.05) is 11.6 Å². The highest BCUT2D eigenvalue weighted by atomic mass is 35.5. The van der Waals surface area contributed by atoms with Crippen molar-refractivity contribution in [2.75, 3.05) is 7.11 Å². The molecule has 2 heterocycles. The van der Waals surface area contributed by atoms with E-state index in [2.05, 4.69) is 9.97 Å². The topological polar surface area (TPSA) is 100 Å². The lowest BCUT2D eigenvalue weighted by molar-refractivity contribution is -0.390. The average molecular weight is 347 g/mol. The van der Waals surface area contributed by atoms with Gasteiger partial charge < -0.3 is 14.9 Å². The molecule has 0 N–H and O–H groups in total. The number of fused-ring (bicyclic) bond motifs is 1. The summed E-state index contributed by atoms with van der Waals surface area (Å²) in [5, 5.41) is 12.1. The van der Waals surface area contributed by atoms with Gasteiger partial charge in [0.25, 0.3) is 0 Å². The number of aromatic nitrogens is 3. The molecule has 3 aromatic rings. The number of carbonyl (C=O) groups excluding carboxylic acids is 1. The molecule has 0 atom stereocenters. The van der Waals surface area contributed by atoms with E-state index < -0.39 is 10.9 Å². The fourth-order valence-electron chi connectivity index (χ4n) is 2.64. The summed E-state index contributed by atoms with van der Waals surface area (Å²) in [6.07, 6.45) is 1.20. The van der Waals surface area contributed by atoms with Crippen molar-refractivity contribution in [1.29, 1.82) is 0 Å². The van der Waals surface area contributed by atoms with Gasteiger partial charge in [-0.15, -0.1) is 0 Å². The van der Waals surface area contributed by atoms with Gasteiger partial charge in [0.15, 0.2) is 0 Å². The minimum absolute atomic E-state index is 0.00125. The molecule has 0 saturated heterocycles. The maximum Gasteiger partial charge on any atom is 0.341 e. The van der Waals surface area contributed by atoms with Crippen LogP contribution in [0.1, 0.15) is 10.4 Å². The molecule has 0 aliphatic rings. The number of aryl methyl sites for hydroxylation is 1. The molecule has 8 nitrogen and oxygen atoms in total. The second kappa shape index (κ2) is 5.89. The van der Waals surface area contributed by atoms with Crippen LogP contribution in [0, 0.1) is 10.1 Å². The van der Waals surface area contributed by atoms with Gasteiger partial charge in [0.1, 0.15) is 16.6 Å². The summed E-state index contributed by atoms with van der Waals surface area (Å²) in [5.74, 6) is -0.903. The van der Waals surface area contributed by atoms with Crippen LogP contribution in [-0.4, -0.2) is 32.5 Å². The Bertz CT molecular complexity index is 983. The molecule has 2 aromatic heterocycles. The lowest BCUT2D eigenvalue weighted by Crippen LogP contribution is -2.07. The number of esters is 1. The largest absolute Gasteiger partial charge is 0.465 e. The highest BCUT2D eigenvalue weighted by Crippen LogP contribution is 2.39. The molecular formula is C15H11ClN4O4. The third-order valence-corrected chi connectivity index (χ3v) is 3.83. The Morgan fingerprint density at radius 1 is 1.38 bits per heavy atom. The van der Waals surface area contributed by atoms with Gasteiger partial charge in [-0.3, -0.25) is 0 Å². The number of halogens is 1. The molecule has 0 fully saturated rings. The highest BCUT2D eigenvalue weighted by Gasteiger charge is 2.30. The standard InChI is InChI=1S/C15H11ClN4O4/c1-19-10-6-4-3-5-8(10)11(13(19)20(22)23)12-9(14(21)24-2)7-17-15(16)18-12/h3-7H,1-2H3. The SMILES string of the molecule is COC(=O)c1cnc(Cl)nc1-c1c([N+](=O)[O-])n(C)c2ccccc12. The van der Waals surface area contributed by atoms with Gasteiger partial charge in [-0.05, 0) is 28.7 Å². The second-order valence-electron chi connectivity index (χ2n) is 4.92. The normalized spacial score (nSPS) is 10.8. The predicted molar refractivity (Wildman–Crippen MR) is 86.9 cm³/mol. The van der Waals surface area contributed by atoms with E-state index in [0.29, 0.717) is 10.9 Å². The van der Waals surface area contributed by atoms with Crippen molar-refractivity contribution in [3.05, 3.63) is 51.4 Å². The van der Waals surface area contributed by atoms with E-state index in [-0.39, 0.29) is 27.9 Å². The predicted octanol–water partition coefficient (Wildman–Crippen LogP) is 2.98. The quantitative estimate of drug-likeness (QED) is 0.313. The van der Waals surface area contributed by atoms with E-state index in [1.54, 1.807) is 31.3 Å². The van der Waals surface area contributed by atoms with Crippen LogP contribution in [0.25, 0.3) is 22.2 Å². The molecule has 0 aliphatic carbocycles. The van der Waals surface area contributed by atoms with Gasteiger partial charge in [-0.2, -0.15) is 0 Å². The smallest absolute Gasteiger partial charge is 0.341 e. The Balaban J connectivity index is 2.47. The van der Waals surface area contributed by atoms with Crippen molar-refractivity contribution in [2.45, 2.75) is 0 Å². The lowest BCUT2D eigenvalue weighted by Gasteiger charge is -2.06. The molecule has 3 rings (SSSR count). The molecule has 9 heteroatoms. The number of hydrogen-bond donors (Lipinski definition) is 0. The van der Waals surface area contributed by atoms with E-state index in [1.807, 2.05) is 0 Å². The first kappa shape index (κ1) is 15.9. The van der Waals surface area contributed by atoms with Crippen LogP contribution in [0.5, 0.6) is 0 Å². The van der Waals surface area contributed by atoms with Crippen LogP contribution in [0.2, 0.25) is 5.28 Å². The highest BCUT2D eigenvalue weighted by molar-refractivity contribution is 6.28. The fourth-order valence-corrected chi connectivity index (χ4v) is 2.77. The van der Waals surface area contributed by atoms with Crippen LogP contribution in [-0.2, 0) is 11.8 Å². The Labute approximate surface area is 140 Å². The van der Waals surface area contributed by atoms with Gasteiger partial charge in [-0.25, -0.2) is 19.3 Å². The summed E-state index contributed by atoms with van der Waals surface area (Å²) in [5.41, 5.74) is 0.888. The van der Waals surface area contributed by atoms with Crippen LogP contribution in [0.4, 0.5) is 5.82 Å². The number of nitrogens with zero attached hydrogens (tertiary/aromatic N) is 4. The zero-order valence-corrected chi connectivity index (χ0v) is 13.4. The number of benzene rings is 1. The molecule has 1 aromatic carbocycles. The molecule has 0 spiro atoms. The van der Waals surface area contributed by atoms with Gasteiger partial charge in [-0.1, -0.05) is 12.1 Å². The summed E-state index contributed by atoms with van der Waals surface area (Å²) in [6.45, 7) is 0. The third kappa shape index (κ3) is 2.37. The maximum atomic E-state index is 12.0. The van der Waals surface area contributed by atoms with Crippen molar-refractivity contribution < 1.29 is 14.5 Å².